The highest BCUT2D eigenvalue weighted by atomic mass is 32.1. The van der Waals surface area contributed by atoms with Crippen LogP contribution in [0.3, 0.4) is 0 Å². The van der Waals surface area contributed by atoms with Crippen LogP contribution in [0.15, 0.2) is 35.8 Å². The largest absolute Gasteiger partial charge is 0.484 e. The molecule has 3 rings (SSSR count). The van der Waals surface area contributed by atoms with Crippen LogP contribution in [0, 0.1) is 0 Å². The van der Waals surface area contributed by atoms with Gasteiger partial charge in [-0.1, -0.05) is 0 Å². The third-order valence-electron chi connectivity index (χ3n) is 4.61. The topological polar surface area (TPSA) is 71.5 Å². The minimum atomic E-state index is -0.224. The standard InChI is InChI=1S/C19H23N3O3S/c1-13-4-3-5-14(2)22(13)17(23)12-25-16-8-6-15(7-9-16)18(24)21-19-20-10-11-26-19/h6-11,13-14H,3-5,12H2,1-2H3,(H,20,21,24)/t13-,14+. The maximum absolute atomic E-state index is 12.5. The summed E-state index contributed by atoms with van der Waals surface area (Å²) in [6.45, 7) is 4.19. The lowest BCUT2D eigenvalue weighted by Gasteiger charge is -2.38. The summed E-state index contributed by atoms with van der Waals surface area (Å²) in [5.74, 6) is 0.357. The molecule has 0 radical (unpaired) electrons. The van der Waals surface area contributed by atoms with Crippen molar-refractivity contribution in [1.82, 2.24) is 9.88 Å². The van der Waals surface area contributed by atoms with E-state index in [-0.39, 0.29) is 30.5 Å². The molecular formula is C19H23N3O3S. The number of hydrogen-bond acceptors (Lipinski definition) is 5. The van der Waals surface area contributed by atoms with Gasteiger partial charge in [0.1, 0.15) is 5.75 Å². The van der Waals surface area contributed by atoms with Gasteiger partial charge in [0.15, 0.2) is 11.7 Å². The van der Waals surface area contributed by atoms with Crippen LogP contribution in [0.2, 0.25) is 0 Å². The molecule has 0 saturated carbocycles. The van der Waals surface area contributed by atoms with Crippen molar-refractivity contribution in [3.8, 4) is 5.75 Å². The van der Waals surface area contributed by atoms with Crippen molar-refractivity contribution < 1.29 is 14.3 Å². The minimum absolute atomic E-state index is 0.00953. The van der Waals surface area contributed by atoms with Gasteiger partial charge in [-0.15, -0.1) is 11.3 Å². The number of benzene rings is 1. The fourth-order valence-corrected chi connectivity index (χ4v) is 3.81. The first-order chi connectivity index (χ1) is 12.5. The van der Waals surface area contributed by atoms with Crippen molar-refractivity contribution in [1.29, 1.82) is 0 Å². The number of carbonyl (C=O) groups excluding carboxylic acids is 2. The van der Waals surface area contributed by atoms with Gasteiger partial charge in [-0.2, -0.15) is 0 Å². The molecule has 6 nitrogen and oxygen atoms in total. The predicted octanol–water partition coefficient (Wildman–Crippen LogP) is 3.56. The van der Waals surface area contributed by atoms with Crippen LogP contribution in [0.4, 0.5) is 5.13 Å². The summed E-state index contributed by atoms with van der Waals surface area (Å²) in [6.07, 6.45) is 4.88. The molecule has 1 saturated heterocycles. The van der Waals surface area contributed by atoms with Crippen molar-refractivity contribution in [3.63, 3.8) is 0 Å². The van der Waals surface area contributed by atoms with Crippen molar-refractivity contribution in [2.24, 2.45) is 0 Å². The highest BCUT2D eigenvalue weighted by Crippen LogP contribution is 2.23. The predicted molar refractivity (Wildman–Crippen MR) is 102 cm³/mol. The summed E-state index contributed by atoms with van der Waals surface area (Å²) in [7, 11) is 0. The number of hydrogen-bond donors (Lipinski definition) is 1. The van der Waals surface area contributed by atoms with E-state index in [1.807, 2.05) is 4.90 Å². The third-order valence-corrected chi connectivity index (χ3v) is 5.30. The van der Waals surface area contributed by atoms with Crippen LogP contribution < -0.4 is 10.1 Å². The summed E-state index contributed by atoms with van der Waals surface area (Å²) in [4.78, 5) is 30.6. The van der Waals surface area contributed by atoms with Gasteiger partial charge >= 0.3 is 0 Å². The molecular weight excluding hydrogens is 350 g/mol. The second-order valence-electron chi connectivity index (χ2n) is 6.53. The van der Waals surface area contributed by atoms with Gasteiger partial charge in [0.2, 0.25) is 0 Å². The van der Waals surface area contributed by atoms with E-state index in [1.54, 1.807) is 35.8 Å². The van der Waals surface area contributed by atoms with E-state index in [0.717, 1.165) is 19.3 Å². The molecule has 1 aromatic carbocycles. The second-order valence-corrected chi connectivity index (χ2v) is 7.43. The van der Waals surface area contributed by atoms with Gasteiger partial charge in [0.25, 0.3) is 11.8 Å². The van der Waals surface area contributed by atoms with Crippen LogP contribution in [-0.4, -0.2) is 40.4 Å². The molecule has 1 N–H and O–H groups in total. The first-order valence-corrected chi connectivity index (χ1v) is 9.67. The number of carbonyl (C=O) groups is 2. The molecule has 2 aromatic rings. The van der Waals surface area contributed by atoms with Gasteiger partial charge in [0.05, 0.1) is 0 Å². The number of likely N-dealkylation sites (tertiary alicyclic amines) is 1. The Morgan fingerprint density at radius 3 is 2.54 bits per heavy atom. The number of thiazole rings is 1. The van der Waals surface area contributed by atoms with Gasteiger partial charge < -0.3 is 9.64 Å². The lowest BCUT2D eigenvalue weighted by atomic mass is 9.97. The molecule has 0 bridgehead atoms. The van der Waals surface area contributed by atoms with Gasteiger partial charge in [-0.05, 0) is 57.4 Å². The van der Waals surface area contributed by atoms with Crippen molar-refractivity contribution >= 4 is 28.3 Å². The van der Waals surface area contributed by atoms with Crippen LogP contribution in [-0.2, 0) is 4.79 Å². The molecule has 0 aliphatic carbocycles. The van der Waals surface area contributed by atoms with E-state index in [2.05, 4.69) is 24.1 Å². The normalized spacial score (nSPS) is 19.8. The van der Waals surface area contributed by atoms with E-state index in [4.69, 9.17) is 4.74 Å². The first kappa shape index (κ1) is 18.4. The molecule has 26 heavy (non-hydrogen) atoms. The van der Waals surface area contributed by atoms with Gasteiger partial charge in [-0.3, -0.25) is 14.9 Å². The average molecular weight is 373 g/mol. The molecule has 138 valence electrons. The van der Waals surface area contributed by atoms with Crippen molar-refractivity contribution in [2.75, 3.05) is 11.9 Å². The highest BCUT2D eigenvalue weighted by Gasteiger charge is 2.28. The molecule has 2 heterocycles. The van der Waals surface area contributed by atoms with Crippen LogP contribution in [0.25, 0.3) is 0 Å². The molecule has 2 atom stereocenters. The number of piperidine rings is 1. The zero-order valence-corrected chi connectivity index (χ0v) is 15.8. The van der Waals surface area contributed by atoms with Crippen molar-refractivity contribution in [3.05, 3.63) is 41.4 Å². The Balaban J connectivity index is 1.54. The molecule has 0 unspecified atom stereocenters. The SMILES string of the molecule is C[C@@H]1CCC[C@H](C)N1C(=O)COc1ccc(C(=O)Nc2nccs2)cc1. The molecule has 2 amide bonds. The molecule has 1 aromatic heterocycles. The third kappa shape index (κ3) is 4.40. The summed E-state index contributed by atoms with van der Waals surface area (Å²) in [6, 6.07) is 7.27. The van der Waals surface area contributed by atoms with E-state index in [1.165, 1.54) is 11.3 Å². The number of rotatable bonds is 5. The summed E-state index contributed by atoms with van der Waals surface area (Å²) >= 11 is 1.36. The zero-order chi connectivity index (χ0) is 18.5. The lowest BCUT2D eigenvalue weighted by molar-refractivity contribution is -0.139. The maximum atomic E-state index is 12.5. The fraction of sp³-hybridized carbons (Fsp3) is 0.421. The number of ether oxygens (including phenoxy) is 1. The Kier molecular flexibility index (Phi) is 5.88. The summed E-state index contributed by atoms with van der Waals surface area (Å²) in [5.41, 5.74) is 0.511. The number of aromatic nitrogens is 1. The molecule has 1 aliphatic rings. The second kappa shape index (κ2) is 8.31. The molecule has 0 spiro atoms. The smallest absolute Gasteiger partial charge is 0.260 e. The molecule has 7 heteroatoms. The average Bonchev–Trinajstić information content (AvgIpc) is 3.13. The van der Waals surface area contributed by atoms with Gasteiger partial charge in [-0.25, -0.2) is 4.98 Å². The Bertz CT molecular complexity index is 736. The first-order valence-electron chi connectivity index (χ1n) is 8.79. The van der Waals surface area contributed by atoms with Gasteiger partial charge in [0, 0.05) is 29.2 Å². The Labute approximate surface area is 157 Å². The number of amides is 2. The lowest BCUT2D eigenvalue weighted by Crippen LogP contribution is -2.49. The Morgan fingerprint density at radius 1 is 1.23 bits per heavy atom. The summed E-state index contributed by atoms with van der Waals surface area (Å²) in [5, 5.41) is 5.09. The van der Waals surface area contributed by atoms with Crippen LogP contribution in [0.1, 0.15) is 43.5 Å². The maximum Gasteiger partial charge on any atom is 0.260 e. The van der Waals surface area contributed by atoms with Crippen molar-refractivity contribution in [2.45, 2.75) is 45.2 Å². The monoisotopic (exact) mass is 373 g/mol. The Hall–Kier alpha value is -2.41. The minimum Gasteiger partial charge on any atom is -0.484 e. The van der Waals surface area contributed by atoms with E-state index >= 15 is 0 Å². The zero-order valence-electron chi connectivity index (χ0n) is 15.0. The number of nitrogens with zero attached hydrogens (tertiary/aromatic N) is 2. The highest BCUT2D eigenvalue weighted by molar-refractivity contribution is 7.13. The summed E-state index contributed by atoms with van der Waals surface area (Å²) < 4.78 is 5.63. The van der Waals surface area contributed by atoms with E-state index in [0.29, 0.717) is 16.4 Å². The van der Waals surface area contributed by atoms with E-state index < -0.39 is 0 Å². The van der Waals surface area contributed by atoms with Crippen LogP contribution >= 0.6 is 11.3 Å². The van der Waals surface area contributed by atoms with Crippen LogP contribution in [0.5, 0.6) is 5.75 Å². The fourth-order valence-electron chi connectivity index (χ4n) is 3.29. The number of anilines is 1. The van der Waals surface area contributed by atoms with E-state index in [9.17, 15) is 9.59 Å². The number of nitrogens with one attached hydrogen (secondary N) is 1. The Morgan fingerprint density at radius 2 is 1.92 bits per heavy atom. The molecule has 1 aliphatic heterocycles. The molecule has 1 fully saturated rings. The quantitative estimate of drug-likeness (QED) is 0.870.